The second kappa shape index (κ2) is 7.62. The number of nitrogens with one attached hydrogen (secondary N) is 1. The number of likely N-dealkylation sites (tertiary alicyclic amines) is 1. The first-order chi connectivity index (χ1) is 11.2. The molecule has 4 heteroatoms. The summed E-state index contributed by atoms with van der Waals surface area (Å²) in [6.07, 6.45) is 2.25. The minimum atomic E-state index is 0.0488. The number of amides is 1. The largest absolute Gasteiger partial charge is 0.351 e. The molecule has 0 radical (unpaired) electrons. The summed E-state index contributed by atoms with van der Waals surface area (Å²) in [4.78, 5) is 14.5. The fraction of sp³-hybridized carbons (Fsp3) is 0.316. The zero-order valence-electron chi connectivity index (χ0n) is 13.0. The smallest absolute Gasteiger partial charge is 0.234 e. The van der Waals surface area contributed by atoms with Gasteiger partial charge in [0.15, 0.2) is 0 Å². The van der Waals surface area contributed by atoms with Crippen molar-refractivity contribution >= 4 is 17.5 Å². The lowest BCUT2D eigenvalue weighted by molar-refractivity contribution is -0.122. The highest BCUT2D eigenvalue weighted by atomic mass is 35.5. The molecule has 1 aliphatic heterocycles. The van der Waals surface area contributed by atoms with Crippen molar-refractivity contribution in [3.8, 4) is 0 Å². The summed E-state index contributed by atoms with van der Waals surface area (Å²) in [6, 6.07) is 18.4. The van der Waals surface area contributed by atoms with Crippen LogP contribution in [0, 0.1) is 0 Å². The molecule has 0 bridgehead atoms. The zero-order chi connectivity index (χ0) is 16.1. The summed E-state index contributed by atoms with van der Waals surface area (Å²) in [5, 5.41) is 3.66. The van der Waals surface area contributed by atoms with Crippen molar-refractivity contribution in [3.63, 3.8) is 0 Å². The van der Waals surface area contributed by atoms with Crippen LogP contribution in [0.3, 0.4) is 0 Å². The van der Waals surface area contributed by atoms with Crippen LogP contribution < -0.4 is 5.32 Å². The number of halogens is 1. The number of hydrogen-bond acceptors (Lipinski definition) is 2. The fourth-order valence-electron chi connectivity index (χ4n) is 3.14. The van der Waals surface area contributed by atoms with Crippen LogP contribution in [-0.4, -0.2) is 23.9 Å². The van der Waals surface area contributed by atoms with Crippen LogP contribution >= 0.6 is 11.6 Å². The lowest BCUT2D eigenvalue weighted by atomic mass is 10.0. The first-order valence-corrected chi connectivity index (χ1v) is 8.41. The molecule has 0 spiro atoms. The normalized spacial score (nSPS) is 18.0. The molecule has 1 N–H and O–H groups in total. The average molecular weight is 329 g/mol. The van der Waals surface area contributed by atoms with Crippen LogP contribution in [0.25, 0.3) is 0 Å². The lowest BCUT2D eigenvalue weighted by Crippen LogP contribution is -2.36. The summed E-state index contributed by atoms with van der Waals surface area (Å²) in [6.45, 7) is 1.88. The minimum absolute atomic E-state index is 0.0488. The predicted octanol–water partition coefficient (Wildman–Crippen LogP) is 3.79. The van der Waals surface area contributed by atoms with Crippen LogP contribution in [0.15, 0.2) is 54.6 Å². The van der Waals surface area contributed by atoms with Crippen molar-refractivity contribution in [1.29, 1.82) is 0 Å². The highest BCUT2D eigenvalue weighted by Gasteiger charge is 2.27. The monoisotopic (exact) mass is 328 g/mol. The SMILES string of the molecule is O=C(CN1CCC[C@@H]1c1ccccc1)NCc1ccccc1Cl. The van der Waals surface area contributed by atoms with Crippen molar-refractivity contribution in [2.75, 3.05) is 13.1 Å². The van der Waals surface area contributed by atoms with E-state index in [1.807, 2.05) is 30.3 Å². The lowest BCUT2D eigenvalue weighted by Gasteiger charge is -2.24. The van der Waals surface area contributed by atoms with E-state index in [9.17, 15) is 4.79 Å². The third-order valence-electron chi connectivity index (χ3n) is 4.33. The molecule has 23 heavy (non-hydrogen) atoms. The summed E-state index contributed by atoms with van der Waals surface area (Å²) in [5.74, 6) is 0.0488. The number of carbonyl (C=O) groups is 1. The Kier molecular flexibility index (Phi) is 5.31. The minimum Gasteiger partial charge on any atom is -0.351 e. The maximum absolute atomic E-state index is 12.3. The molecule has 1 fully saturated rings. The van der Waals surface area contributed by atoms with E-state index in [0.29, 0.717) is 24.2 Å². The van der Waals surface area contributed by atoms with Gasteiger partial charge in [0.25, 0.3) is 0 Å². The van der Waals surface area contributed by atoms with Crippen LogP contribution in [0.2, 0.25) is 5.02 Å². The van der Waals surface area contributed by atoms with Gasteiger partial charge in [-0.05, 0) is 36.6 Å². The molecule has 120 valence electrons. The Labute approximate surface area is 142 Å². The molecule has 0 unspecified atom stereocenters. The maximum Gasteiger partial charge on any atom is 0.234 e. The van der Waals surface area contributed by atoms with E-state index in [2.05, 4.69) is 34.5 Å². The zero-order valence-corrected chi connectivity index (χ0v) is 13.8. The van der Waals surface area contributed by atoms with Crippen molar-refractivity contribution in [2.24, 2.45) is 0 Å². The van der Waals surface area contributed by atoms with Gasteiger partial charge in [-0.3, -0.25) is 9.69 Å². The summed E-state index contributed by atoms with van der Waals surface area (Å²) >= 11 is 6.12. The van der Waals surface area contributed by atoms with Gasteiger partial charge < -0.3 is 5.32 Å². The molecule has 3 rings (SSSR count). The number of nitrogens with zero attached hydrogens (tertiary/aromatic N) is 1. The van der Waals surface area contributed by atoms with Gasteiger partial charge in [0, 0.05) is 17.6 Å². The van der Waals surface area contributed by atoms with Crippen LogP contribution in [-0.2, 0) is 11.3 Å². The third kappa shape index (κ3) is 4.12. The van der Waals surface area contributed by atoms with Crippen molar-refractivity contribution < 1.29 is 4.79 Å². The topological polar surface area (TPSA) is 32.3 Å². The highest BCUT2D eigenvalue weighted by molar-refractivity contribution is 6.31. The number of rotatable bonds is 5. The predicted molar refractivity (Wildman–Crippen MR) is 93.3 cm³/mol. The molecule has 0 aliphatic carbocycles. The van der Waals surface area contributed by atoms with Crippen LogP contribution in [0.1, 0.15) is 30.0 Å². The van der Waals surface area contributed by atoms with E-state index in [-0.39, 0.29) is 5.91 Å². The molecule has 0 saturated carbocycles. The molecule has 2 aromatic carbocycles. The fourth-order valence-corrected chi connectivity index (χ4v) is 3.35. The van der Waals surface area contributed by atoms with Crippen molar-refractivity contribution in [2.45, 2.75) is 25.4 Å². The van der Waals surface area contributed by atoms with Gasteiger partial charge in [-0.2, -0.15) is 0 Å². The van der Waals surface area contributed by atoms with Gasteiger partial charge in [-0.15, -0.1) is 0 Å². The van der Waals surface area contributed by atoms with Gasteiger partial charge in [0.1, 0.15) is 0 Å². The molecule has 0 aromatic heterocycles. The van der Waals surface area contributed by atoms with E-state index < -0.39 is 0 Å². The van der Waals surface area contributed by atoms with Crippen molar-refractivity contribution in [1.82, 2.24) is 10.2 Å². The van der Waals surface area contributed by atoms with E-state index in [1.54, 1.807) is 0 Å². The number of hydrogen-bond donors (Lipinski definition) is 1. The van der Waals surface area contributed by atoms with E-state index in [1.165, 1.54) is 5.56 Å². The second-order valence-corrected chi connectivity index (χ2v) is 6.31. The van der Waals surface area contributed by atoms with E-state index >= 15 is 0 Å². The van der Waals surface area contributed by atoms with Crippen LogP contribution in [0.5, 0.6) is 0 Å². The van der Waals surface area contributed by atoms with E-state index in [4.69, 9.17) is 11.6 Å². The molecule has 3 nitrogen and oxygen atoms in total. The van der Waals surface area contributed by atoms with Gasteiger partial charge in [0.2, 0.25) is 5.91 Å². The van der Waals surface area contributed by atoms with Gasteiger partial charge in [0.05, 0.1) is 6.54 Å². The molecule has 1 aliphatic rings. The molecule has 1 heterocycles. The average Bonchev–Trinajstić information content (AvgIpc) is 3.03. The number of benzene rings is 2. The maximum atomic E-state index is 12.3. The standard InChI is InChI=1S/C19H21ClN2O/c20-17-10-5-4-9-16(17)13-21-19(23)14-22-12-6-11-18(22)15-7-2-1-3-8-15/h1-5,7-10,18H,6,11-14H2,(H,21,23)/t18-/m1/s1. The van der Waals surface area contributed by atoms with Crippen molar-refractivity contribution in [3.05, 3.63) is 70.7 Å². The Bertz CT molecular complexity index is 659. The molecule has 1 atom stereocenters. The Morgan fingerprint density at radius 1 is 1.13 bits per heavy atom. The van der Waals surface area contributed by atoms with E-state index in [0.717, 1.165) is 24.9 Å². The molecular weight excluding hydrogens is 308 g/mol. The summed E-state index contributed by atoms with van der Waals surface area (Å²) in [5.41, 5.74) is 2.24. The molecule has 2 aromatic rings. The van der Waals surface area contributed by atoms with Gasteiger partial charge in [-0.25, -0.2) is 0 Å². The molecular formula is C19H21ClN2O. The summed E-state index contributed by atoms with van der Waals surface area (Å²) < 4.78 is 0. The Hall–Kier alpha value is -1.84. The van der Waals surface area contributed by atoms with Crippen LogP contribution in [0.4, 0.5) is 0 Å². The van der Waals surface area contributed by atoms with Gasteiger partial charge >= 0.3 is 0 Å². The molecule has 1 amide bonds. The third-order valence-corrected chi connectivity index (χ3v) is 4.70. The highest BCUT2D eigenvalue weighted by Crippen LogP contribution is 2.31. The Balaban J connectivity index is 1.56. The second-order valence-electron chi connectivity index (χ2n) is 5.91. The Morgan fingerprint density at radius 2 is 1.87 bits per heavy atom. The summed E-state index contributed by atoms with van der Waals surface area (Å²) in [7, 11) is 0. The first kappa shape index (κ1) is 16.0. The first-order valence-electron chi connectivity index (χ1n) is 8.03. The Morgan fingerprint density at radius 3 is 2.65 bits per heavy atom. The molecule has 1 saturated heterocycles. The quantitative estimate of drug-likeness (QED) is 0.905. The number of carbonyl (C=O) groups excluding carboxylic acids is 1. The van der Waals surface area contributed by atoms with Gasteiger partial charge in [-0.1, -0.05) is 60.1 Å².